The molecule has 0 radical (unpaired) electrons. The Bertz CT molecular complexity index is 1030. The molecule has 1 aromatic heterocycles. The molecule has 4 rings (SSSR count). The van der Waals surface area contributed by atoms with Gasteiger partial charge in [-0.2, -0.15) is 5.10 Å². The minimum Gasteiger partial charge on any atom is -0.444 e. The average Bonchev–Trinajstić information content (AvgIpc) is 3.10. The van der Waals surface area contributed by atoms with Crippen molar-refractivity contribution >= 4 is 17.0 Å². The summed E-state index contributed by atoms with van der Waals surface area (Å²) in [5, 5.41) is 5.70. The van der Waals surface area contributed by atoms with Crippen LogP contribution in [0.15, 0.2) is 48.7 Å². The smallest absolute Gasteiger partial charge is 0.410 e. The molecule has 152 valence electrons. The quantitative estimate of drug-likeness (QED) is 0.582. The van der Waals surface area contributed by atoms with E-state index in [-0.39, 0.29) is 18.0 Å². The standard InChI is InChI=1S/C23H26FN3O2/c1-23(2,3)29-22(28)26-12-10-18(11-13-26)27-15-17-14-16(8-9-21(17)25-27)19-6-4-5-7-20(19)24/h4-9,14-15,18H,10-13H2,1-3H3. The van der Waals surface area contributed by atoms with Gasteiger partial charge in [-0.3, -0.25) is 4.68 Å². The van der Waals surface area contributed by atoms with Crippen LogP contribution in [0.2, 0.25) is 0 Å². The molecule has 1 saturated heterocycles. The first-order valence-electron chi connectivity index (χ1n) is 10.0. The van der Waals surface area contributed by atoms with E-state index in [0.29, 0.717) is 18.7 Å². The highest BCUT2D eigenvalue weighted by molar-refractivity contribution is 5.84. The molecule has 0 unspecified atom stereocenters. The number of fused-ring (bicyclic) bond motifs is 1. The van der Waals surface area contributed by atoms with E-state index < -0.39 is 5.60 Å². The van der Waals surface area contributed by atoms with Crippen LogP contribution in [0.1, 0.15) is 39.7 Å². The number of piperidine rings is 1. The number of carbonyl (C=O) groups is 1. The first-order chi connectivity index (χ1) is 13.8. The Hall–Kier alpha value is -2.89. The van der Waals surface area contributed by atoms with Crippen LogP contribution in [0.25, 0.3) is 22.0 Å². The summed E-state index contributed by atoms with van der Waals surface area (Å²) < 4.78 is 21.6. The van der Waals surface area contributed by atoms with Crippen LogP contribution in [-0.2, 0) is 4.74 Å². The second-order valence-electron chi connectivity index (χ2n) is 8.56. The minimum absolute atomic E-state index is 0.228. The van der Waals surface area contributed by atoms with E-state index in [1.165, 1.54) is 6.07 Å². The van der Waals surface area contributed by atoms with Crippen molar-refractivity contribution in [3.05, 3.63) is 54.5 Å². The van der Waals surface area contributed by atoms with Crippen LogP contribution >= 0.6 is 0 Å². The molecule has 0 spiro atoms. The molecule has 2 aromatic carbocycles. The summed E-state index contributed by atoms with van der Waals surface area (Å²) in [6.07, 6.45) is 3.42. The molecule has 6 heteroatoms. The Morgan fingerprint density at radius 1 is 1.14 bits per heavy atom. The highest BCUT2D eigenvalue weighted by Crippen LogP contribution is 2.29. The third kappa shape index (κ3) is 4.26. The van der Waals surface area contributed by atoms with Gasteiger partial charge in [0.05, 0.1) is 11.6 Å². The molecule has 1 fully saturated rings. The van der Waals surface area contributed by atoms with Gasteiger partial charge in [-0.1, -0.05) is 24.3 Å². The summed E-state index contributed by atoms with van der Waals surface area (Å²) in [5.74, 6) is -0.228. The molecule has 1 aliphatic rings. The maximum Gasteiger partial charge on any atom is 0.410 e. The number of halogens is 1. The second kappa shape index (κ2) is 7.50. The topological polar surface area (TPSA) is 47.4 Å². The number of benzene rings is 2. The van der Waals surface area contributed by atoms with Gasteiger partial charge in [-0.05, 0) is 57.4 Å². The van der Waals surface area contributed by atoms with Crippen molar-refractivity contribution in [3.63, 3.8) is 0 Å². The van der Waals surface area contributed by atoms with E-state index in [9.17, 15) is 9.18 Å². The fourth-order valence-electron chi connectivity index (χ4n) is 3.73. The van der Waals surface area contributed by atoms with Crippen molar-refractivity contribution in [3.8, 4) is 11.1 Å². The minimum atomic E-state index is -0.483. The number of nitrogens with zero attached hydrogens (tertiary/aromatic N) is 3. The molecular formula is C23H26FN3O2. The van der Waals surface area contributed by atoms with E-state index in [4.69, 9.17) is 9.84 Å². The van der Waals surface area contributed by atoms with Gasteiger partial charge in [-0.15, -0.1) is 0 Å². The van der Waals surface area contributed by atoms with E-state index in [1.807, 2.05) is 55.9 Å². The predicted molar refractivity (Wildman–Crippen MR) is 111 cm³/mol. The Labute approximate surface area is 170 Å². The largest absolute Gasteiger partial charge is 0.444 e. The van der Waals surface area contributed by atoms with Gasteiger partial charge in [0, 0.05) is 30.2 Å². The lowest BCUT2D eigenvalue weighted by atomic mass is 10.0. The summed E-state index contributed by atoms with van der Waals surface area (Å²) in [7, 11) is 0. The van der Waals surface area contributed by atoms with Gasteiger partial charge in [0.15, 0.2) is 0 Å². The van der Waals surface area contributed by atoms with Crippen LogP contribution in [-0.4, -0.2) is 39.5 Å². The highest BCUT2D eigenvalue weighted by atomic mass is 19.1. The second-order valence-corrected chi connectivity index (χ2v) is 8.56. The van der Waals surface area contributed by atoms with E-state index in [0.717, 1.165) is 29.3 Å². The number of aromatic nitrogens is 2. The van der Waals surface area contributed by atoms with Crippen LogP contribution in [0.3, 0.4) is 0 Å². The molecule has 3 aromatic rings. The van der Waals surface area contributed by atoms with E-state index in [1.54, 1.807) is 17.0 Å². The molecule has 2 heterocycles. The number of rotatable bonds is 2. The van der Waals surface area contributed by atoms with Crippen LogP contribution in [0.5, 0.6) is 0 Å². The van der Waals surface area contributed by atoms with Crippen LogP contribution in [0, 0.1) is 5.82 Å². The Morgan fingerprint density at radius 3 is 2.55 bits per heavy atom. The molecule has 0 bridgehead atoms. The lowest BCUT2D eigenvalue weighted by molar-refractivity contribution is 0.0185. The molecule has 0 saturated carbocycles. The maximum absolute atomic E-state index is 14.1. The van der Waals surface area contributed by atoms with Crippen molar-refractivity contribution in [1.29, 1.82) is 0 Å². The predicted octanol–water partition coefficient (Wildman–Crippen LogP) is 5.41. The third-order valence-electron chi connectivity index (χ3n) is 5.20. The van der Waals surface area contributed by atoms with Crippen LogP contribution < -0.4 is 0 Å². The van der Waals surface area contributed by atoms with Crippen molar-refractivity contribution in [2.24, 2.45) is 0 Å². The zero-order valence-electron chi connectivity index (χ0n) is 17.1. The van der Waals surface area contributed by atoms with Crippen molar-refractivity contribution < 1.29 is 13.9 Å². The number of carbonyl (C=O) groups excluding carboxylic acids is 1. The van der Waals surface area contributed by atoms with Gasteiger partial charge in [0.25, 0.3) is 0 Å². The summed E-state index contributed by atoms with van der Waals surface area (Å²) in [6.45, 7) is 6.93. The zero-order valence-corrected chi connectivity index (χ0v) is 17.1. The first kappa shape index (κ1) is 19.4. The van der Waals surface area contributed by atoms with E-state index in [2.05, 4.69) is 0 Å². The number of hydrogen-bond acceptors (Lipinski definition) is 3. The first-order valence-corrected chi connectivity index (χ1v) is 10.0. The van der Waals surface area contributed by atoms with Crippen molar-refractivity contribution in [2.75, 3.05) is 13.1 Å². The van der Waals surface area contributed by atoms with Crippen LogP contribution in [0.4, 0.5) is 9.18 Å². The number of likely N-dealkylation sites (tertiary alicyclic amines) is 1. The lowest BCUT2D eigenvalue weighted by Gasteiger charge is -2.33. The monoisotopic (exact) mass is 395 g/mol. The SMILES string of the molecule is CC(C)(C)OC(=O)N1CCC(n2cc3cc(-c4ccccc4F)ccc3n2)CC1. The average molecular weight is 395 g/mol. The maximum atomic E-state index is 14.1. The molecule has 1 amide bonds. The normalized spacial score (nSPS) is 15.7. The Morgan fingerprint density at radius 2 is 1.86 bits per heavy atom. The molecule has 0 atom stereocenters. The third-order valence-corrected chi connectivity index (χ3v) is 5.20. The fraction of sp³-hybridized carbons (Fsp3) is 0.391. The molecular weight excluding hydrogens is 369 g/mol. The lowest BCUT2D eigenvalue weighted by Crippen LogP contribution is -2.42. The van der Waals surface area contributed by atoms with Crippen molar-refractivity contribution in [2.45, 2.75) is 45.3 Å². The Balaban J connectivity index is 1.48. The van der Waals surface area contributed by atoms with Gasteiger partial charge >= 0.3 is 6.09 Å². The van der Waals surface area contributed by atoms with E-state index >= 15 is 0 Å². The number of ether oxygens (including phenoxy) is 1. The van der Waals surface area contributed by atoms with Gasteiger partial charge in [0.1, 0.15) is 11.4 Å². The zero-order chi connectivity index (χ0) is 20.6. The highest BCUT2D eigenvalue weighted by Gasteiger charge is 2.28. The summed E-state index contributed by atoms with van der Waals surface area (Å²) >= 11 is 0. The molecule has 5 nitrogen and oxygen atoms in total. The fourth-order valence-corrected chi connectivity index (χ4v) is 3.73. The molecule has 0 aliphatic carbocycles. The molecule has 29 heavy (non-hydrogen) atoms. The number of amides is 1. The summed E-state index contributed by atoms with van der Waals surface area (Å²) in [5.41, 5.74) is 1.84. The molecule has 1 aliphatic heterocycles. The summed E-state index contributed by atoms with van der Waals surface area (Å²) in [4.78, 5) is 14.0. The summed E-state index contributed by atoms with van der Waals surface area (Å²) in [6, 6.07) is 12.8. The number of hydrogen-bond donors (Lipinski definition) is 0. The van der Waals surface area contributed by atoms with Gasteiger partial charge in [-0.25, -0.2) is 9.18 Å². The Kier molecular flexibility index (Phi) is 5.03. The molecule has 0 N–H and O–H groups in total. The van der Waals surface area contributed by atoms with Gasteiger partial charge in [0.2, 0.25) is 0 Å². The van der Waals surface area contributed by atoms with Gasteiger partial charge < -0.3 is 9.64 Å². The van der Waals surface area contributed by atoms with Crippen molar-refractivity contribution in [1.82, 2.24) is 14.7 Å².